The van der Waals surface area contributed by atoms with Crippen LogP contribution in [0.3, 0.4) is 0 Å². The summed E-state index contributed by atoms with van der Waals surface area (Å²) in [6.07, 6.45) is 1.79. The van der Waals surface area contributed by atoms with Crippen molar-refractivity contribution in [3.05, 3.63) is 11.6 Å². The van der Waals surface area contributed by atoms with E-state index in [-0.39, 0.29) is 11.7 Å². The largest absolute Gasteiger partial charge is 0.463 e. The summed E-state index contributed by atoms with van der Waals surface area (Å²) in [6, 6.07) is 0. The molecule has 1 N–H and O–H groups in total. The highest BCUT2D eigenvalue weighted by atomic mass is 16.5. The van der Waals surface area contributed by atoms with E-state index in [9.17, 15) is 14.7 Å². The predicted octanol–water partition coefficient (Wildman–Crippen LogP) is 0.446. The number of hydrogen-bond donors (Lipinski definition) is 1. The van der Waals surface area contributed by atoms with E-state index in [1.807, 2.05) is 0 Å². The van der Waals surface area contributed by atoms with Crippen LogP contribution < -0.4 is 0 Å². The molecule has 2 rings (SSSR count). The third-order valence-electron chi connectivity index (χ3n) is 3.14. The molecule has 0 amide bonds. The number of ether oxygens (including phenoxy) is 1. The molecule has 82 valence electrons. The van der Waals surface area contributed by atoms with Gasteiger partial charge in [0.2, 0.25) is 0 Å². The lowest BCUT2D eigenvalue weighted by atomic mass is 9.93. The number of Topliss-reactive ketones (excluding diaryl/α,β-unsaturated/α-hetero) is 1. The number of aliphatic hydroxyl groups excluding tert-OH is 1. The molecule has 0 bridgehead atoms. The van der Waals surface area contributed by atoms with Gasteiger partial charge in [-0.1, -0.05) is 0 Å². The molecule has 0 aromatic rings. The number of aliphatic hydroxyl groups is 1. The minimum atomic E-state index is -0.801. The Morgan fingerprint density at radius 3 is 3.07 bits per heavy atom. The number of fused-ring (bicyclic) bond motifs is 1. The average Bonchev–Trinajstić information content (AvgIpc) is 2.70. The zero-order valence-electron chi connectivity index (χ0n) is 8.60. The van der Waals surface area contributed by atoms with Crippen LogP contribution in [0.15, 0.2) is 11.6 Å². The molecule has 0 heterocycles. The molecule has 4 heteroatoms. The van der Waals surface area contributed by atoms with Crippen molar-refractivity contribution >= 4 is 11.8 Å². The van der Waals surface area contributed by atoms with Crippen LogP contribution in [0, 0.1) is 11.8 Å². The number of ketones is 1. The highest BCUT2D eigenvalue weighted by Gasteiger charge is 2.47. The van der Waals surface area contributed by atoms with Crippen molar-refractivity contribution in [3.8, 4) is 0 Å². The summed E-state index contributed by atoms with van der Waals surface area (Å²) < 4.78 is 4.89. The maximum absolute atomic E-state index is 11.5. The average molecular weight is 210 g/mol. The third-order valence-corrected chi connectivity index (χ3v) is 3.14. The van der Waals surface area contributed by atoms with Crippen LogP contribution in [0.4, 0.5) is 0 Å². The Kier molecular flexibility index (Phi) is 2.61. The highest BCUT2D eigenvalue weighted by molar-refractivity contribution is 5.95. The van der Waals surface area contributed by atoms with E-state index < -0.39 is 18.0 Å². The SMILES string of the molecule is CCOC(=O)C1=C[C@@H](O)[C@@H]2C(=O)CC[C@H]12. The lowest BCUT2D eigenvalue weighted by molar-refractivity contribution is -0.139. The Morgan fingerprint density at radius 1 is 1.67 bits per heavy atom. The van der Waals surface area contributed by atoms with Gasteiger partial charge in [-0.3, -0.25) is 4.79 Å². The third kappa shape index (κ3) is 1.59. The Bertz CT molecular complexity index is 331. The van der Waals surface area contributed by atoms with Gasteiger partial charge in [0.15, 0.2) is 0 Å². The van der Waals surface area contributed by atoms with Crippen LogP contribution in [0.5, 0.6) is 0 Å². The second kappa shape index (κ2) is 3.77. The lowest BCUT2D eigenvalue weighted by Crippen LogP contribution is -2.23. The fourth-order valence-electron chi connectivity index (χ4n) is 2.49. The van der Waals surface area contributed by atoms with Crippen molar-refractivity contribution in [3.63, 3.8) is 0 Å². The van der Waals surface area contributed by atoms with Crippen molar-refractivity contribution in [1.29, 1.82) is 0 Å². The lowest BCUT2D eigenvalue weighted by Gasteiger charge is -2.13. The molecule has 2 aliphatic carbocycles. The molecule has 2 aliphatic rings. The van der Waals surface area contributed by atoms with Crippen LogP contribution in [0.2, 0.25) is 0 Å². The van der Waals surface area contributed by atoms with Crippen molar-refractivity contribution in [1.82, 2.24) is 0 Å². The predicted molar refractivity (Wildman–Crippen MR) is 51.9 cm³/mol. The normalized spacial score (nSPS) is 33.9. The molecule has 1 saturated carbocycles. The minimum Gasteiger partial charge on any atom is -0.463 e. The monoisotopic (exact) mass is 210 g/mol. The maximum atomic E-state index is 11.5. The molecular formula is C11H14O4. The molecule has 15 heavy (non-hydrogen) atoms. The van der Waals surface area contributed by atoms with E-state index in [0.29, 0.717) is 25.0 Å². The number of hydrogen-bond acceptors (Lipinski definition) is 4. The summed E-state index contributed by atoms with van der Waals surface area (Å²) in [5.74, 6) is -0.849. The summed E-state index contributed by atoms with van der Waals surface area (Å²) in [7, 11) is 0. The second-order valence-electron chi connectivity index (χ2n) is 3.97. The fourth-order valence-corrected chi connectivity index (χ4v) is 2.49. The Morgan fingerprint density at radius 2 is 2.40 bits per heavy atom. The summed E-state index contributed by atoms with van der Waals surface area (Å²) >= 11 is 0. The van der Waals surface area contributed by atoms with Gasteiger partial charge in [-0.2, -0.15) is 0 Å². The molecule has 0 unspecified atom stereocenters. The first-order chi connectivity index (χ1) is 7.15. The molecule has 1 fully saturated rings. The summed E-state index contributed by atoms with van der Waals surface area (Å²) in [5, 5.41) is 9.65. The summed E-state index contributed by atoms with van der Waals surface area (Å²) in [5.41, 5.74) is 0.486. The first-order valence-corrected chi connectivity index (χ1v) is 5.24. The van der Waals surface area contributed by atoms with Gasteiger partial charge < -0.3 is 9.84 Å². The Labute approximate surface area is 87.9 Å². The van der Waals surface area contributed by atoms with Crippen LogP contribution in [-0.4, -0.2) is 29.6 Å². The van der Waals surface area contributed by atoms with Crippen LogP contribution in [0.1, 0.15) is 19.8 Å². The van der Waals surface area contributed by atoms with Crippen molar-refractivity contribution in [2.24, 2.45) is 11.8 Å². The van der Waals surface area contributed by atoms with Gasteiger partial charge >= 0.3 is 5.97 Å². The van der Waals surface area contributed by atoms with Gasteiger partial charge in [0.1, 0.15) is 5.78 Å². The van der Waals surface area contributed by atoms with Gasteiger partial charge in [0.25, 0.3) is 0 Å². The zero-order chi connectivity index (χ0) is 11.0. The van der Waals surface area contributed by atoms with Gasteiger partial charge in [-0.25, -0.2) is 4.79 Å². The molecule has 0 radical (unpaired) electrons. The van der Waals surface area contributed by atoms with Crippen LogP contribution >= 0.6 is 0 Å². The molecule has 3 atom stereocenters. The van der Waals surface area contributed by atoms with E-state index in [1.165, 1.54) is 6.08 Å². The quantitative estimate of drug-likeness (QED) is 0.672. The molecule has 0 aromatic carbocycles. The van der Waals surface area contributed by atoms with Gasteiger partial charge in [0, 0.05) is 17.9 Å². The smallest absolute Gasteiger partial charge is 0.334 e. The first kappa shape index (κ1) is 10.4. The molecule has 0 aliphatic heterocycles. The topological polar surface area (TPSA) is 63.6 Å². The summed E-state index contributed by atoms with van der Waals surface area (Å²) in [6.45, 7) is 2.05. The van der Waals surface area contributed by atoms with E-state index in [0.717, 1.165) is 0 Å². The van der Waals surface area contributed by atoms with E-state index in [1.54, 1.807) is 6.92 Å². The number of rotatable bonds is 2. The maximum Gasteiger partial charge on any atom is 0.334 e. The molecule has 4 nitrogen and oxygen atoms in total. The molecule has 0 saturated heterocycles. The van der Waals surface area contributed by atoms with Gasteiger partial charge in [0.05, 0.1) is 18.6 Å². The van der Waals surface area contributed by atoms with Crippen molar-refractivity contribution in [2.45, 2.75) is 25.9 Å². The van der Waals surface area contributed by atoms with E-state index in [2.05, 4.69) is 0 Å². The van der Waals surface area contributed by atoms with E-state index in [4.69, 9.17) is 4.74 Å². The van der Waals surface area contributed by atoms with Crippen LogP contribution in [-0.2, 0) is 14.3 Å². The molecule has 0 spiro atoms. The standard InChI is InChI=1S/C11H14O4/c1-2-15-11(14)7-5-9(13)10-6(7)3-4-8(10)12/h5-6,9-10,13H,2-4H2,1H3/t6-,9-,10+/m1/s1. The number of carbonyl (C=O) groups excluding carboxylic acids is 2. The van der Waals surface area contributed by atoms with Gasteiger partial charge in [-0.15, -0.1) is 0 Å². The van der Waals surface area contributed by atoms with Gasteiger partial charge in [-0.05, 0) is 19.4 Å². The van der Waals surface area contributed by atoms with Crippen molar-refractivity contribution < 1.29 is 19.4 Å². The van der Waals surface area contributed by atoms with Crippen LogP contribution in [0.25, 0.3) is 0 Å². The minimum absolute atomic E-state index is 0.0584. The number of carbonyl (C=O) groups is 2. The molecular weight excluding hydrogens is 196 g/mol. The first-order valence-electron chi connectivity index (χ1n) is 5.24. The highest BCUT2D eigenvalue weighted by Crippen LogP contribution is 2.42. The number of esters is 1. The molecule has 0 aromatic heterocycles. The Hall–Kier alpha value is -1.16. The zero-order valence-corrected chi connectivity index (χ0v) is 8.60. The second-order valence-corrected chi connectivity index (χ2v) is 3.97. The van der Waals surface area contributed by atoms with Crippen molar-refractivity contribution in [2.75, 3.05) is 6.61 Å². The summed E-state index contributed by atoms with van der Waals surface area (Å²) in [4.78, 5) is 23.0. The van der Waals surface area contributed by atoms with E-state index >= 15 is 0 Å². The fraction of sp³-hybridized carbons (Fsp3) is 0.636. The Balaban J connectivity index is 2.18.